The van der Waals surface area contributed by atoms with Gasteiger partial charge in [0.1, 0.15) is 6.10 Å². The zero-order valence-electron chi connectivity index (χ0n) is 12.6. The molecule has 5 nitrogen and oxygen atoms in total. The normalized spacial score (nSPS) is 21.8. The Morgan fingerprint density at radius 1 is 1.55 bits per heavy atom. The summed E-state index contributed by atoms with van der Waals surface area (Å²) in [6.45, 7) is 5.71. The van der Waals surface area contributed by atoms with Gasteiger partial charge in [-0.1, -0.05) is 0 Å². The summed E-state index contributed by atoms with van der Waals surface area (Å²) in [6, 6.07) is 2.02. The summed E-state index contributed by atoms with van der Waals surface area (Å²) < 4.78 is 5.95. The summed E-state index contributed by atoms with van der Waals surface area (Å²) in [5.74, 6) is 0. The molecule has 2 aromatic rings. The molecule has 7 heteroatoms. The number of carbonyl (C=O) groups is 1. The lowest BCUT2D eigenvalue weighted by Crippen LogP contribution is -2.49. The molecule has 0 spiro atoms. The van der Waals surface area contributed by atoms with Crippen molar-refractivity contribution in [3.8, 4) is 0 Å². The van der Waals surface area contributed by atoms with E-state index in [1.807, 2.05) is 30.3 Å². The highest BCUT2D eigenvalue weighted by Gasteiger charge is 2.29. The van der Waals surface area contributed by atoms with Gasteiger partial charge in [-0.05, 0) is 36.2 Å². The van der Waals surface area contributed by atoms with Crippen LogP contribution < -0.4 is 5.32 Å². The van der Waals surface area contributed by atoms with E-state index >= 15 is 0 Å². The lowest BCUT2D eigenvalue weighted by molar-refractivity contribution is -0.0655. The van der Waals surface area contributed by atoms with Gasteiger partial charge >= 0.3 is 6.03 Å². The van der Waals surface area contributed by atoms with Gasteiger partial charge in [0.05, 0.1) is 24.2 Å². The summed E-state index contributed by atoms with van der Waals surface area (Å²) in [4.78, 5) is 19.5. The topological polar surface area (TPSA) is 54.5 Å². The van der Waals surface area contributed by atoms with Gasteiger partial charge in [-0.3, -0.25) is 0 Å². The smallest absolute Gasteiger partial charge is 0.317 e. The number of carbonyl (C=O) groups excluding carboxylic acids is 1. The number of hydrogen-bond donors (Lipinski definition) is 1. The molecule has 2 atom stereocenters. The predicted octanol–water partition coefficient (Wildman–Crippen LogP) is 3.18. The fourth-order valence-corrected chi connectivity index (χ4v) is 3.96. The minimum atomic E-state index is -0.0403. The molecule has 1 aliphatic rings. The minimum Gasteiger partial charge on any atom is -0.367 e. The van der Waals surface area contributed by atoms with E-state index in [4.69, 9.17) is 4.74 Å². The molecule has 1 N–H and O–H groups in total. The number of rotatable bonds is 3. The van der Waals surface area contributed by atoms with E-state index in [-0.39, 0.29) is 18.2 Å². The van der Waals surface area contributed by atoms with Crippen LogP contribution in [-0.2, 0) is 11.3 Å². The molecule has 0 aromatic carbocycles. The van der Waals surface area contributed by atoms with Gasteiger partial charge in [0.15, 0.2) is 0 Å². The largest absolute Gasteiger partial charge is 0.367 e. The maximum atomic E-state index is 12.4. The molecule has 0 unspecified atom stereocenters. The van der Waals surface area contributed by atoms with Crippen molar-refractivity contribution in [3.05, 3.63) is 38.5 Å². The van der Waals surface area contributed by atoms with Gasteiger partial charge in [-0.25, -0.2) is 9.78 Å². The van der Waals surface area contributed by atoms with Gasteiger partial charge in [0.25, 0.3) is 0 Å². The van der Waals surface area contributed by atoms with Crippen LogP contribution >= 0.6 is 22.7 Å². The first-order chi connectivity index (χ1) is 10.6. The van der Waals surface area contributed by atoms with Crippen molar-refractivity contribution in [1.82, 2.24) is 15.2 Å². The summed E-state index contributed by atoms with van der Waals surface area (Å²) in [6.07, 6.45) is 1.82. The lowest BCUT2D eigenvalue weighted by atomic mass is 10.1. The second kappa shape index (κ2) is 6.76. The van der Waals surface area contributed by atoms with Crippen LogP contribution in [0.3, 0.4) is 0 Å². The molecule has 1 fully saturated rings. The fraction of sp³-hybridized carbons (Fsp3) is 0.467. The van der Waals surface area contributed by atoms with Crippen LogP contribution in [0, 0.1) is 6.92 Å². The molecule has 0 bridgehead atoms. The Hall–Kier alpha value is -1.44. The third-order valence-electron chi connectivity index (χ3n) is 3.55. The van der Waals surface area contributed by atoms with E-state index in [0.29, 0.717) is 19.6 Å². The van der Waals surface area contributed by atoms with Crippen LogP contribution in [0.4, 0.5) is 4.79 Å². The number of aryl methyl sites for hydroxylation is 1. The quantitative estimate of drug-likeness (QED) is 0.936. The third-order valence-corrected chi connectivity index (χ3v) is 5.16. The highest BCUT2D eigenvalue weighted by Crippen LogP contribution is 2.26. The molecule has 1 aliphatic heterocycles. The SMILES string of the molecule is Cc1ncc(CNC(=O)N2C[C@H](C)O[C@@H](c3ccsc3)C2)s1. The van der Waals surface area contributed by atoms with Crippen LogP contribution in [0.5, 0.6) is 0 Å². The Kier molecular flexibility index (Phi) is 4.75. The summed E-state index contributed by atoms with van der Waals surface area (Å²) in [7, 11) is 0. The van der Waals surface area contributed by atoms with Crippen LogP contribution in [0.25, 0.3) is 0 Å². The van der Waals surface area contributed by atoms with E-state index in [9.17, 15) is 4.79 Å². The zero-order valence-corrected chi connectivity index (χ0v) is 14.2. The highest BCUT2D eigenvalue weighted by atomic mass is 32.1. The molecule has 0 saturated carbocycles. The first kappa shape index (κ1) is 15.5. The number of thiazole rings is 1. The highest BCUT2D eigenvalue weighted by molar-refractivity contribution is 7.11. The van der Waals surface area contributed by atoms with Crippen molar-refractivity contribution in [2.75, 3.05) is 13.1 Å². The summed E-state index contributed by atoms with van der Waals surface area (Å²) >= 11 is 3.26. The molecule has 3 rings (SSSR count). The van der Waals surface area contributed by atoms with Gasteiger partial charge in [0.2, 0.25) is 0 Å². The van der Waals surface area contributed by atoms with Crippen LogP contribution in [0.1, 0.15) is 28.5 Å². The third kappa shape index (κ3) is 3.66. The van der Waals surface area contributed by atoms with Crippen LogP contribution in [0.15, 0.2) is 23.0 Å². The number of amides is 2. The van der Waals surface area contributed by atoms with Crippen LogP contribution in [0.2, 0.25) is 0 Å². The molecule has 1 saturated heterocycles. The monoisotopic (exact) mass is 337 g/mol. The molecule has 22 heavy (non-hydrogen) atoms. The zero-order chi connectivity index (χ0) is 15.5. The Balaban J connectivity index is 1.59. The fourth-order valence-electron chi connectivity index (χ4n) is 2.52. The van der Waals surface area contributed by atoms with Crippen molar-refractivity contribution in [1.29, 1.82) is 0 Å². The second-order valence-electron chi connectivity index (χ2n) is 5.40. The van der Waals surface area contributed by atoms with Crippen molar-refractivity contribution in [2.45, 2.75) is 32.6 Å². The average Bonchev–Trinajstić information content (AvgIpc) is 3.15. The minimum absolute atomic E-state index is 0.0357. The van der Waals surface area contributed by atoms with E-state index < -0.39 is 0 Å². The van der Waals surface area contributed by atoms with Gasteiger partial charge < -0.3 is 15.0 Å². The van der Waals surface area contributed by atoms with E-state index in [2.05, 4.69) is 21.7 Å². The second-order valence-corrected chi connectivity index (χ2v) is 7.50. The Morgan fingerprint density at radius 2 is 2.41 bits per heavy atom. The van der Waals surface area contributed by atoms with Crippen molar-refractivity contribution >= 4 is 28.7 Å². The van der Waals surface area contributed by atoms with Gasteiger partial charge in [0, 0.05) is 17.6 Å². The molecule has 2 aromatic heterocycles. The Morgan fingerprint density at radius 3 is 3.09 bits per heavy atom. The standard InChI is InChI=1S/C15H19N3O2S2/c1-10-7-18(8-14(20-10)12-3-4-21-9-12)15(19)17-6-13-5-16-11(2)22-13/h3-5,9-10,14H,6-8H2,1-2H3,(H,17,19)/t10-,14+/m0/s1. The van der Waals surface area contributed by atoms with Crippen molar-refractivity contribution in [2.24, 2.45) is 0 Å². The Labute approximate surface area is 137 Å². The molecule has 0 radical (unpaired) electrons. The van der Waals surface area contributed by atoms with Gasteiger partial charge in [-0.15, -0.1) is 11.3 Å². The van der Waals surface area contributed by atoms with E-state index in [1.54, 1.807) is 22.7 Å². The molecule has 3 heterocycles. The summed E-state index contributed by atoms with van der Waals surface area (Å²) in [5, 5.41) is 8.11. The first-order valence-electron chi connectivity index (χ1n) is 7.23. The molecule has 118 valence electrons. The molecular weight excluding hydrogens is 318 g/mol. The number of urea groups is 1. The predicted molar refractivity (Wildman–Crippen MR) is 88.3 cm³/mol. The van der Waals surface area contributed by atoms with E-state index in [0.717, 1.165) is 15.4 Å². The van der Waals surface area contributed by atoms with Crippen molar-refractivity contribution in [3.63, 3.8) is 0 Å². The number of nitrogens with one attached hydrogen (secondary N) is 1. The summed E-state index contributed by atoms with van der Waals surface area (Å²) in [5.41, 5.74) is 1.15. The van der Waals surface area contributed by atoms with Gasteiger partial charge in [-0.2, -0.15) is 11.3 Å². The number of morpholine rings is 1. The van der Waals surface area contributed by atoms with E-state index in [1.165, 1.54) is 0 Å². The number of aromatic nitrogens is 1. The lowest BCUT2D eigenvalue weighted by Gasteiger charge is -2.36. The average molecular weight is 337 g/mol. The molecule has 0 aliphatic carbocycles. The number of nitrogens with zero attached hydrogens (tertiary/aromatic N) is 2. The maximum absolute atomic E-state index is 12.4. The van der Waals surface area contributed by atoms with Crippen LogP contribution in [-0.4, -0.2) is 35.1 Å². The molecule has 2 amide bonds. The number of thiophene rings is 1. The first-order valence-corrected chi connectivity index (χ1v) is 8.99. The molecular formula is C15H19N3O2S2. The Bertz CT molecular complexity index is 627. The number of ether oxygens (including phenoxy) is 1. The number of hydrogen-bond acceptors (Lipinski definition) is 5. The maximum Gasteiger partial charge on any atom is 0.317 e. The van der Waals surface area contributed by atoms with Crippen molar-refractivity contribution < 1.29 is 9.53 Å².